The largest absolute Gasteiger partial charge is 0.466 e. The fraction of sp³-hybridized carbons (Fsp3) is 0.433. The number of aliphatic hydroxyl groups excluding tert-OH is 1. The van der Waals surface area contributed by atoms with Crippen LogP contribution >= 0.6 is 11.6 Å². The fourth-order valence-electron chi connectivity index (χ4n) is 6.66. The highest BCUT2D eigenvalue weighted by molar-refractivity contribution is 6.34. The summed E-state index contributed by atoms with van der Waals surface area (Å²) in [5.74, 6) is -2.95. The molecule has 2 aromatic carbocycles. The Morgan fingerprint density at radius 1 is 1.26 bits per heavy atom. The van der Waals surface area contributed by atoms with Crippen LogP contribution < -0.4 is 4.90 Å². The highest BCUT2D eigenvalue weighted by Gasteiger charge is 2.75. The monoisotopic (exact) mass is 552 g/mol. The van der Waals surface area contributed by atoms with Gasteiger partial charge in [-0.05, 0) is 43.9 Å². The summed E-state index contributed by atoms with van der Waals surface area (Å²) in [5, 5.41) is 10.9. The van der Waals surface area contributed by atoms with Crippen LogP contribution in [0, 0.1) is 11.8 Å². The number of nitrogens with zero attached hydrogens (tertiary/aromatic N) is 2. The average molecular weight is 553 g/mol. The van der Waals surface area contributed by atoms with Gasteiger partial charge in [-0.3, -0.25) is 14.4 Å². The van der Waals surface area contributed by atoms with E-state index in [1.165, 1.54) is 9.80 Å². The molecule has 2 bridgehead atoms. The summed E-state index contributed by atoms with van der Waals surface area (Å²) < 4.78 is 11.8. The SMILES string of the molecule is C=CCN(C(=O)[C@H]1N([C@@H](CO)Cc2ccccc2)C(=O)[C@@H]2[C@@H](C(=O)OCC)[C@H]3CC[C@]21O3)c1ccccc1Cl. The van der Waals surface area contributed by atoms with Crippen molar-refractivity contribution in [2.24, 2.45) is 11.8 Å². The minimum absolute atomic E-state index is 0.148. The lowest BCUT2D eigenvalue weighted by atomic mass is 9.70. The van der Waals surface area contributed by atoms with Gasteiger partial charge in [0, 0.05) is 6.54 Å². The normalized spacial score (nSPS) is 27.8. The van der Waals surface area contributed by atoms with Crippen LogP contribution in [0.15, 0.2) is 67.3 Å². The van der Waals surface area contributed by atoms with Crippen LogP contribution in [0.2, 0.25) is 5.02 Å². The van der Waals surface area contributed by atoms with E-state index in [0.717, 1.165) is 5.56 Å². The van der Waals surface area contributed by atoms with Crippen molar-refractivity contribution < 1.29 is 29.0 Å². The third-order valence-electron chi connectivity index (χ3n) is 8.17. The van der Waals surface area contributed by atoms with E-state index in [4.69, 9.17) is 21.1 Å². The molecule has 3 heterocycles. The quantitative estimate of drug-likeness (QED) is 0.358. The van der Waals surface area contributed by atoms with Gasteiger partial charge in [-0.15, -0.1) is 6.58 Å². The summed E-state index contributed by atoms with van der Waals surface area (Å²) >= 11 is 6.51. The molecule has 0 radical (unpaired) electrons. The van der Waals surface area contributed by atoms with Crippen LogP contribution in [0.4, 0.5) is 5.69 Å². The van der Waals surface area contributed by atoms with E-state index in [0.29, 0.717) is 30.0 Å². The van der Waals surface area contributed by atoms with Gasteiger partial charge in [0.1, 0.15) is 11.6 Å². The predicted molar refractivity (Wildman–Crippen MR) is 146 cm³/mol. The summed E-state index contributed by atoms with van der Waals surface area (Å²) in [7, 11) is 0. The lowest BCUT2D eigenvalue weighted by molar-refractivity contribution is -0.155. The minimum atomic E-state index is -1.22. The Kier molecular flexibility index (Phi) is 7.80. The zero-order chi connectivity index (χ0) is 27.7. The number of hydrogen-bond acceptors (Lipinski definition) is 6. The number of para-hydroxylation sites is 1. The lowest BCUT2D eigenvalue weighted by Crippen LogP contribution is -2.59. The van der Waals surface area contributed by atoms with Crippen molar-refractivity contribution in [1.82, 2.24) is 4.90 Å². The molecule has 9 heteroatoms. The maximum atomic E-state index is 14.6. The molecule has 8 nitrogen and oxygen atoms in total. The number of esters is 1. The smallest absolute Gasteiger partial charge is 0.312 e. The number of aliphatic hydroxyl groups is 1. The second kappa shape index (κ2) is 11.1. The molecule has 0 aliphatic carbocycles. The molecule has 0 aromatic heterocycles. The van der Waals surface area contributed by atoms with Gasteiger partial charge < -0.3 is 24.4 Å². The first kappa shape index (κ1) is 27.4. The van der Waals surface area contributed by atoms with Crippen LogP contribution in [0.3, 0.4) is 0 Å². The molecule has 3 fully saturated rings. The molecule has 0 saturated carbocycles. The summed E-state index contributed by atoms with van der Waals surface area (Å²) in [6, 6.07) is 14.7. The van der Waals surface area contributed by atoms with Crippen LogP contribution in [0.1, 0.15) is 25.3 Å². The molecule has 2 amide bonds. The van der Waals surface area contributed by atoms with Crippen molar-refractivity contribution in [3.8, 4) is 0 Å². The fourth-order valence-corrected chi connectivity index (χ4v) is 6.90. The molecule has 3 aliphatic rings. The molecule has 39 heavy (non-hydrogen) atoms. The van der Waals surface area contributed by atoms with E-state index < -0.39 is 47.5 Å². The van der Waals surface area contributed by atoms with Crippen molar-refractivity contribution in [2.75, 3.05) is 24.7 Å². The van der Waals surface area contributed by atoms with E-state index in [9.17, 15) is 19.5 Å². The van der Waals surface area contributed by atoms with E-state index in [1.807, 2.05) is 30.3 Å². The molecule has 3 saturated heterocycles. The number of benzene rings is 2. The maximum Gasteiger partial charge on any atom is 0.312 e. The zero-order valence-electron chi connectivity index (χ0n) is 21.9. The van der Waals surface area contributed by atoms with Crippen molar-refractivity contribution in [3.63, 3.8) is 0 Å². The highest BCUT2D eigenvalue weighted by Crippen LogP contribution is 2.59. The summed E-state index contributed by atoms with van der Waals surface area (Å²) in [6.45, 7) is 5.50. The standard InChI is InChI=1S/C30H33ClN2O6/c1-3-16-32(22-13-9-8-12-21(22)31)28(36)26-30-15-14-23(39-30)24(29(37)38-4-2)25(30)27(35)33(26)20(18-34)17-19-10-6-5-7-11-19/h3,5-13,20,23-26,34H,1,4,14-18H2,2H3/t20-,23-,24+,25+,26-,30+/m1/s1. The first-order valence-corrected chi connectivity index (χ1v) is 13.7. The molecular formula is C30H33ClN2O6. The number of amides is 2. The minimum Gasteiger partial charge on any atom is -0.466 e. The van der Waals surface area contributed by atoms with Gasteiger partial charge in [-0.2, -0.15) is 0 Å². The van der Waals surface area contributed by atoms with Gasteiger partial charge in [0.2, 0.25) is 5.91 Å². The number of rotatable bonds is 10. The Labute approximate surface area is 233 Å². The maximum absolute atomic E-state index is 14.6. The highest BCUT2D eigenvalue weighted by atomic mass is 35.5. The van der Waals surface area contributed by atoms with E-state index in [2.05, 4.69) is 6.58 Å². The number of carbonyl (C=O) groups excluding carboxylic acids is 3. The number of anilines is 1. The summed E-state index contributed by atoms with van der Waals surface area (Å²) in [5.41, 5.74) is 0.168. The molecule has 0 unspecified atom stereocenters. The third kappa shape index (κ3) is 4.54. The summed E-state index contributed by atoms with van der Waals surface area (Å²) in [4.78, 5) is 44.9. The number of hydrogen-bond donors (Lipinski definition) is 1. The van der Waals surface area contributed by atoms with Gasteiger partial charge in [0.25, 0.3) is 5.91 Å². The predicted octanol–water partition coefficient (Wildman–Crippen LogP) is 3.40. The Morgan fingerprint density at radius 3 is 2.64 bits per heavy atom. The van der Waals surface area contributed by atoms with Crippen LogP contribution in [-0.2, 0) is 30.3 Å². The second-order valence-electron chi connectivity index (χ2n) is 10.3. The van der Waals surface area contributed by atoms with E-state index in [1.54, 1.807) is 37.3 Å². The first-order chi connectivity index (χ1) is 18.9. The average Bonchev–Trinajstić information content (AvgIpc) is 3.59. The Balaban J connectivity index is 1.61. The third-order valence-corrected chi connectivity index (χ3v) is 8.49. The molecule has 206 valence electrons. The number of ether oxygens (including phenoxy) is 2. The zero-order valence-corrected chi connectivity index (χ0v) is 22.6. The molecule has 6 atom stereocenters. The van der Waals surface area contributed by atoms with Crippen molar-refractivity contribution in [1.29, 1.82) is 0 Å². The molecule has 2 aromatic rings. The number of carbonyl (C=O) groups is 3. The van der Waals surface area contributed by atoms with Crippen molar-refractivity contribution in [3.05, 3.63) is 77.8 Å². The Morgan fingerprint density at radius 2 is 1.97 bits per heavy atom. The topological polar surface area (TPSA) is 96.4 Å². The van der Waals surface area contributed by atoms with Crippen molar-refractivity contribution >= 4 is 35.1 Å². The molecule has 3 aliphatic heterocycles. The van der Waals surface area contributed by atoms with Gasteiger partial charge in [0.05, 0.1) is 47.9 Å². The van der Waals surface area contributed by atoms with E-state index >= 15 is 0 Å². The van der Waals surface area contributed by atoms with Gasteiger partial charge >= 0.3 is 5.97 Å². The van der Waals surface area contributed by atoms with Gasteiger partial charge in [-0.25, -0.2) is 0 Å². The number of fused-ring (bicyclic) bond motifs is 1. The van der Waals surface area contributed by atoms with Gasteiger partial charge in [-0.1, -0.05) is 60.1 Å². The number of likely N-dealkylation sites (tertiary alicyclic amines) is 1. The van der Waals surface area contributed by atoms with E-state index in [-0.39, 0.29) is 25.7 Å². The number of halogens is 1. The second-order valence-corrected chi connectivity index (χ2v) is 10.7. The van der Waals surface area contributed by atoms with Crippen molar-refractivity contribution in [2.45, 2.75) is 50.0 Å². The van der Waals surface area contributed by atoms with Crippen LogP contribution in [0.5, 0.6) is 0 Å². The summed E-state index contributed by atoms with van der Waals surface area (Å²) in [6.07, 6.45) is 2.38. The Hall–Kier alpha value is -3.20. The first-order valence-electron chi connectivity index (χ1n) is 13.4. The van der Waals surface area contributed by atoms with Gasteiger partial charge in [0.15, 0.2) is 0 Å². The molecular weight excluding hydrogens is 520 g/mol. The molecule has 1 N–H and O–H groups in total. The molecule has 5 rings (SSSR count). The Bertz CT molecular complexity index is 1260. The van der Waals surface area contributed by atoms with Crippen LogP contribution in [-0.4, -0.2) is 71.3 Å². The lowest BCUT2D eigenvalue weighted by Gasteiger charge is -2.39. The van der Waals surface area contributed by atoms with Crippen LogP contribution in [0.25, 0.3) is 0 Å². The molecule has 1 spiro atoms.